The molecule has 0 N–H and O–H groups in total. The van der Waals surface area contributed by atoms with Gasteiger partial charge in [-0.2, -0.15) is 0 Å². The number of benzene rings is 9. The van der Waals surface area contributed by atoms with Crippen molar-refractivity contribution >= 4 is 67.0 Å². The lowest BCUT2D eigenvalue weighted by Gasteiger charge is -2.11. The average molecular weight is 959 g/mol. The van der Waals surface area contributed by atoms with Gasteiger partial charge in [0.2, 0.25) is 0 Å². The fourth-order valence-electron chi connectivity index (χ4n) is 8.72. The number of carbonyl (C=O) groups excluding carboxylic acids is 4. The van der Waals surface area contributed by atoms with Crippen LogP contribution in [-0.4, -0.2) is 50.3 Å². The molecule has 0 aliphatic heterocycles. The smallest absolute Gasteiger partial charge is 0.343 e. The van der Waals surface area contributed by atoms with Crippen LogP contribution in [0.2, 0.25) is 0 Å². The molecule has 0 aromatic heterocycles. The number of ether oxygens (including phenoxy) is 6. The number of fused-ring (bicyclic) bond motifs is 4. The quantitative estimate of drug-likeness (QED) is 0.0281. The Hall–Kier alpha value is -8.50. The van der Waals surface area contributed by atoms with Crippen molar-refractivity contribution in [3.05, 3.63) is 204 Å². The summed E-state index contributed by atoms with van der Waals surface area (Å²) in [6.45, 7) is 1.72. The molecule has 10 nitrogen and oxygen atoms in total. The van der Waals surface area contributed by atoms with E-state index < -0.39 is 11.9 Å². The van der Waals surface area contributed by atoms with Crippen molar-refractivity contribution in [3.8, 4) is 23.0 Å². The van der Waals surface area contributed by atoms with Crippen LogP contribution in [0.15, 0.2) is 182 Å². The Morgan fingerprint density at radius 1 is 0.292 bits per heavy atom. The molecule has 0 saturated carbocycles. The van der Waals surface area contributed by atoms with Crippen LogP contribution >= 0.6 is 0 Å². The minimum Gasteiger partial charge on any atom is -0.494 e. The monoisotopic (exact) mass is 958 g/mol. The molecule has 9 rings (SSSR count). The molecule has 72 heavy (non-hydrogen) atoms. The van der Waals surface area contributed by atoms with Crippen LogP contribution in [0, 0.1) is 0 Å². The Balaban J connectivity index is 0.623. The highest BCUT2D eigenvalue weighted by molar-refractivity contribution is 6.17. The van der Waals surface area contributed by atoms with Crippen LogP contribution < -0.4 is 18.9 Å². The van der Waals surface area contributed by atoms with Crippen molar-refractivity contribution in [2.75, 3.05) is 26.4 Å². The third-order valence-electron chi connectivity index (χ3n) is 12.5. The first-order valence-electron chi connectivity index (χ1n) is 24.5. The normalized spacial score (nSPS) is 11.1. The molecule has 0 atom stereocenters. The zero-order chi connectivity index (χ0) is 49.5. The van der Waals surface area contributed by atoms with E-state index in [9.17, 15) is 19.2 Å². The van der Waals surface area contributed by atoms with Crippen LogP contribution in [0.4, 0.5) is 0 Å². The number of rotatable bonds is 22. The van der Waals surface area contributed by atoms with Gasteiger partial charge >= 0.3 is 23.9 Å². The number of unbranched alkanes of at least 4 members (excludes halogenated alkanes) is 6. The van der Waals surface area contributed by atoms with E-state index in [-0.39, 0.29) is 11.9 Å². The minimum absolute atomic E-state index is 0.299. The number of hydrogen-bond acceptors (Lipinski definition) is 10. The molecule has 0 bridgehead atoms. The maximum atomic E-state index is 13.2. The summed E-state index contributed by atoms with van der Waals surface area (Å²) in [6.07, 6.45) is 6.79. The maximum Gasteiger partial charge on any atom is 0.343 e. The van der Waals surface area contributed by atoms with Crippen molar-refractivity contribution < 1.29 is 47.6 Å². The van der Waals surface area contributed by atoms with Gasteiger partial charge in [-0.25, -0.2) is 19.2 Å². The lowest BCUT2D eigenvalue weighted by molar-refractivity contribution is 0.0492. The first-order chi connectivity index (χ1) is 35.4. The predicted octanol–water partition coefficient (Wildman–Crippen LogP) is 14.3. The summed E-state index contributed by atoms with van der Waals surface area (Å²) in [5, 5.41) is 7.62. The molecule has 0 spiro atoms. The lowest BCUT2D eigenvalue weighted by Crippen LogP contribution is -2.10. The molecule has 0 amide bonds. The molecule has 0 aliphatic rings. The Morgan fingerprint density at radius 2 is 0.583 bits per heavy atom. The zero-order valence-electron chi connectivity index (χ0n) is 39.9. The van der Waals surface area contributed by atoms with Gasteiger partial charge in [0.05, 0.1) is 48.7 Å². The molecule has 0 saturated heterocycles. The molecule has 362 valence electrons. The molecule has 0 aliphatic carbocycles. The summed E-state index contributed by atoms with van der Waals surface area (Å²) in [6, 6.07) is 55.5. The van der Waals surface area contributed by atoms with Gasteiger partial charge in [-0.3, -0.25) is 0 Å². The Morgan fingerprint density at radius 3 is 0.917 bits per heavy atom. The van der Waals surface area contributed by atoms with Gasteiger partial charge in [-0.15, -0.1) is 0 Å². The molecule has 10 heteroatoms. The molecule has 0 fully saturated rings. The van der Waals surface area contributed by atoms with Crippen molar-refractivity contribution in [2.24, 2.45) is 0 Å². The van der Waals surface area contributed by atoms with Crippen molar-refractivity contribution in [1.82, 2.24) is 0 Å². The summed E-state index contributed by atoms with van der Waals surface area (Å²) in [5.74, 6) is 0.209. The second-order valence-electron chi connectivity index (χ2n) is 17.5. The van der Waals surface area contributed by atoms with Gasteiger partial charge in [0.15, 0.2) is 0 Å². The summed E-state index contributed by atoms with van der Waals surface area (Å²) >= 11 is 0. The third-order valence-corrected chi connectivity index (χ3v) is 12.5. The van der Waals surface area contributed by atoms with Crippen LogP contribution in [0.5, 0.6) is 23.0 Å². The molecular weight excluding hydrogens is 905 g/mol. The van der Waals surface area contributed by atoms with Gasteiger partial charge in [-0.05, 0) is 179 Å². The van der Waals surface area contributed by atoms with Gasteiger partial charge in [0, 0.05) is 0 Å². The highest BCUT2D eigenvalue weighted by Crippen LogP contribution is 2.31. The summed E-state index contributed by atoms with van der Waals surface area (Å²) in [5.41, 5.74) is 1.94. The van der Waals surface area contributed by atoms with E-state index >= 15 is 0 Å². The van der Waals surface area contributed by atoms with Crippen LogP contribution in [0.3, 0.4) is 0 Å². The van der Waals surface area contributed by atoms with Gasteiger partial charge in [0.25, 0.3) is 0 Å². The number of carbonyl (C=O) groups is 4. The minimum atomic E-state index is -0.534. The summed E-state index contributed by atoms with van der Waals surface area (Å²) in [4.78, 5) is 52.2. The van der Waals surface area contributed by atoms with E-state index in [0.717, 1.165) is 94.5 Å². The standard InChI is InChI=1S/C62H54O10/c63-59(43-25-29-49(30-26-43)67-37-13-1-3-15-39-69-61(65)57-53-21-9-5-17-45(53)41-46-18-6-10-22-54(46)57)71-51-33-35-52(36-34-51)72-60(64)44-27-31-50(32-28-44)68-38-14-2-4-16-40-70-62(66)58-55-23-11-7-19-47(55)42-48-20-8-12-24-56(48)58/h5-12,17-36,41-42H,1-4,13-16,37-40H2. The van der Waals surface area contributed by atoms with Crippen molar-refractivity contribution in [2.45, 2.75) is 51.4 Å². The van der Waals surface area contributed by atoms with Crippen LogP contribution in [0.1, 0.15) is 92.8 Å². The molecule has 9 aromatic carbocycles. The SMILES string of the molecule is O=C(Oc1ccc(OC(=O)c2ccc(OCCCCCCOC(=O)c3c4ccccc4cc4ccccc34)cc2)cc1)c1ccc(OCCCCCCOC(=O)c2c3ccccc3cc3ccccc23)cc1. The maximum absolute atomic E-state index is 13.2. The van der Waals surface area contributed by atoms with E-state index in [0.29, 0.717) is 71.7 Å². The number of esters is 4. The second kappa shape index (κ2) is 23.9. The third kappa shape index (κ3) is 12.3. The summed E-state index contributed by atoms with van der Waals surface area (Å²) < 4.78 is 34.3. The van der Waals surface area contributed by atoms with Gasteiger partial charge < -0.3 is 28.4 Å². The molecular formula is C62H54O10. The van der Waals surface area contributed by atoms with Crippen molar-refractivity contribution in [3.63, 3.8) is 0 Å². The Labute approximate surface area is 418 Å². The van der Waals surface area contributed by atoms with Crippen molar-refractivity contribution in [1.29, 1.82) is 0 Å². The van der Waals surface area contributed by atoms with Crippen LogP contribution in [-0.2, 0) is 9.47 Å². The first-order valence-corrected chi connectivity index (χ1v) is 24.5. The zero-order valence-corrected chi connectivity index (χ0v) is 39.9. The van der Waals surface area contributed by atoms with Gasteiger partial charge in [0.1, 0.15) is 23.0 Å². The first kappa shape index (κ1) is 48.5. The molecule has 9 aromatic rings. The van der Waals surface area contributed by atoms with E-state index in [1.54, 1.807) is 72.8 Å². The van der Waals surface area contributed by atoms with E-state index in [1.807, 2.05) is 97.1 Å². The number of hydrogen-bond donors (Lipinski definition) is 0. The fraction of sp³-hybridized carbons (Fsp3) is 0.194. The van der Waals surface area contributed by atoms with Crippen LogP contribution in [0.25, 0.3) is 43.1 Å². The Bertz CT molecular complexity index is 2990. The van der Waals surface area contributed by atoms with Gasteiger partial charge in [-0.1, -0.05) is 97.1 Å². The molecule has 0 radical (unpaired) electrons. The Kier molecular flexibility index (Phi) is 16.1. The van der Waals surface area contributed by atoms with E-state index in [1.165, 1.54) is 0 Å². The predicted molar refractivity (Wildman–Crippen MR) is 281 cm³/mol. The topological polar surface area (TPSA) is 124 Å². The summed E-state index contributed by atoms with van der Waals surface area (Å²) in [7, 11) is 0. The van der Waals surface area contributed by atoms with E-state index in [4.69, 9.17) is 28.4 Å². The average Bonchev–Trinajstić information content (AvgIpc) is 3.41. The lowest BCUT2D eigenvalue weighted by atomic mass is 9.97. The molecule has 0 heterocycles. The largest absolute Gasteiger partial charge is 0.494 e. The van der Waals surface area contributed by atoms with E-state index in [2.05, 4.69) is 12.1 Å². The molecule has 0 unspecified atom stereocenters. The second-order valence-corrected chi connectivity index (χ2v) is 17.5. The fourth-order valence-corrected chi connectivity index (χ4v) is 8.72. The highest BCUT2D eigenvalue weighted by Gasteiger charge is 2.18. The highest BCUT2D eigenvalue weighted by atomic mass is 16.5.